The van der Waals surface area contributed by atoms with E-state index in [0.717, 1.165) is 5.69 Å². The summed E-state index contributed by atoms with van der Waals surface area (Å²) in [5.41, 5.74) is 1.33. The number of halogens is 1. The van der Waals surface area contributed by atoms with E-state index in [-0.39, 0.29) is 18.4 Å². The van der Waals surface area contributed by atoms with Gasteiger partial charge in [0.1, 0.15) is 5.75 Å². The topological polar surface area (TPSA) is 61.9 Å². The van der Waals surface area contributed by atoms with Crippen LogP contribution in [0, 0.1) is 0 Å². The van der Waals surface area contributed by atoms with Gasteiger partial charge in [-0.1, -0.05) is 29.8 Å². The summed E-state index contributed by atoms with van der Waals surface area (Å²) in [4.78, 5) is 28.8. The van der Waals surface area contributed by atoms with E-state index in [4.69, 9.17) is 16.3 Å². The standard InChI is InChI=1S/C21H26ClN3O3/c1-5-25(17-9-7-6-8-10-17)21(27)15(2)24(3)14-20(26)23-18-13-16(22)11-12-19(18)28-4/h6-13,15H,5,14H2,1-4H3,(H,23,26)/t15-/m0/s1. The molecule has 0 aliphatic heterocycles. The first-order chi connectivity index (χ1) is 13.4. The maximum atomic E-state index is 12.9. The first-order valence-electron chi connectivity index (χ1n) is 9.07. The van der Waals surface area contributed by atoms with Crippen molar-refractivity contribution in [2.24, 2.45) is 0 Å². The van der Waals surface area contributed by atoms with Crippen molar-refractivity contribution in [3.8, 4) is 5.75 Å². The number of carbonyl (C=O) groups is 2. The number of hydrogen-bond acceptors (Lipinski definition) is 4. The van der Waals surface area contributed by atoms with Gasteiger partial charge in [-0.25, -0.2) is 0 Å². The minimum Gasteiger partial charge on any atom is -0.495 e. The van der Waals surface area contributed by atoms with Crippen molar-refractivity contribution in [2.45, 2.75) is 19.9 Å². The molecule has 28 heavy (non-hydrogen) atoms. The second kappa shape index (κ2) is 10.1. The molecular formula is C21H26ClN3O3. The molecule has 0 aromatic heterocycles. The molecule has 150 valence electrons. The molecule has 0 radical (unpaired) electrons. The van der Waals surface area contributed by atoms with Crippen molar-refractivity contribution >= 4 is 34.8 Å². The predicted octanol–water partition coefficient (Wildman–Crippen LogP) is 3.66. The lowest BCUT2D eigenvalue weighted by Crippen LogP contribution is -2.48. The highest BCUT2D eigenvalue weighted by Gasteiger charge is 2.25. The molecule has 0 unspecified atom stereocenters. The van der Waals surface area contributed by atoms with Gasteiger partial charge in [-0.2, -0.15) is 0 Å². The quantitative estimate of drug-likeness (QED) is 0.730. The Bertz CT molecular complexity index is 814. The van der Waals surface area contributed by atoms with Crippen LogP contribution in [0.2, 0.25) is 5.02 Å². The molecule has 0 aliphatic carbocycles. The molecule has 1 atom stereocenters. The Hall–Kier alpha value is -2.57. The number of hydrogen-bond donors (Lipinski definition) is 1. The number of para-hydroxylation sites is 1. The summed E-state index contributed by atoms with van der Waals surface area (Å²) in [5, 5.41) is 3.28. The van der Waals surface area contributed by atoms with E-state index in [0.29, 0.717) is 23.0 Å². The van der Waals surface area contributed by atoms with E-state index in [1.807, 2.05) is 37.3 Å². The fraction of sp³-hybridized carbons (Fsp3) is 0.333. The van der Waals surface area contributed by atoms with Crippen LogP contribution in [0.5, 0.6) is 5.75 Å². The lowest BCUT2D eigenvalue weighted by Gasteiger charge is -2.29. The number of ether oxygens (including phenoxy) is 1. The summed E-state index contributed by atoms with van der Waals surface area (Å²) in [7, 11) is 3.27. The number of likely N-dealkylation sites (N-methyl/N-ethyl adjacent to an activating group) is 2. The Labute approximate surface area is 171 Å². The van der Waals surface area contributed by atoms with Crippen molar-refractivity contribution in [1.82, 2.24) is 4.90 Å². The third-order valence-corrected chi connectivity index (χ3v) is 4.73. The minimum absolute atomic E-state index is 0.0505. The molecule has 6 nitrogen and oxygen atoms in total. The molecule has 0 fully saturated rings. The van der Waals surface area contributed by atoms with Crippen LogP contribution < -0.4 is 15.0 Å². The average molecular weight is 404 g/mol. The maximum absolute atomic E-state index is 12.9. The highest BCUT2D eigenvalue weighted by molar-refractivity contribution is 6.31. The van der Waals surface area contributed by atoms with Crippen molar-refractivity contribution in [3.63, 3.8) is 0 Å². The van der Waals surface area contributed by atoms with E-state index in [1.54, 1.807) is 42.0 Å². The van der Waals surface area contributed by atoms with Gasteiger partial charge in [0.2, 0.25) is 11.8 Å². The normalized spacial score (nSPS) is 11.8. The summed E-state index contributed by atoms with van der Waals surface area (Å²) in [5.74, 6) is 0.195. The second-order valence-corrected chi connectivity index (χ2v) is 6.84. The predicted molar refractivity (Wildman–Crippen MR) is 113 cm³/mol. The van der Waals surface area contributed by atoms with E-state index in [2.05, 4.69) is 5.32 Å². The molecule has 7 heteroatoms. The molecule has 2 aromatic rings. The highest BCUT2D eigenvalue weighted by Crippen LogP contribution is 2.27. The van der Waals surface area contributed by atoms with Gasteiger partial charge in [-0.15, -0.1) is 0 Å². The van der Waals surface area contributed by atoms with E-state index < -0.39 is 6.04 Å². The van der Waals surface area contributed by atoms with E-state index in [9.17, 15) is 9.59 Å². The molecule has 0 saturated heterocycles. The second-order valence-electron chi connectivity index (χ2n) is 6.40. The minimum atomic E-state index is -0.466. The molecule has 2 amide bonds. The lowest BCUT2D eigenvalue weighted by atomic mass is 10.2. The number of anilines is 2. The highest BCUT2D eigenvalue weighted by atomic mass is 35.5. The monoisotopic (exact) mass is 403 g/mol. The van der Waals surface area contributed by atoms with Crippen molar-refractivity contribution in [2.75, 3.05) is 37.5 Å². The van der Waals surface area contributed by atoms with E-state index >= 15 is 0 Å². The van der Waals surface area contributed by atoms with Gasteiger partial charge in [0.25, 0.3) is 0 Å². The number of nitrogens with zero attached hydrogens (tertiary/aromatic N) is 2. The van der Waals surface area contributed by atoms with Crippen LogP contribution in [-0.4, -0.2) is 50.0 Å². The van der Waals surface area contributed by atoms with Crippen molar-refractivity contribution in [1.29, 1.82) is 0 Å². The Morgan fingerprint density at radius 1 is 1.18 bits per heavy atom. The molecule has 2 rings (SSSR count). The number of carbonyl (C=O) groups excluding carboxylic acids is 2. The smallest absolute Gasteiger partial charge is 0.244 e. The zero-order valence-corrected chi connectivity index (χ0v) is 17.4. The molecule has 0 aliphatic rings. The SMILES string of the molecule is CCN(C(=O)[C@H](C)N(C)CC(=O)Nc1cc(Cl)ccc1OC)c1ccccc1. The average Bonchev–Trinajstić information content (AvgIpc) is 2.68. The Morgan fingerprint density at radius 2 is 1.86 bits per heavy atom. The summed E-state index contributed by atoms with van der Waals surface area (Å²) in [6.07, 6.45) is 0. The Kier molecular flexibility index (Phi) is 7.84. The van der Waals surface area contributed by atoms with Gasteiger partial charge in [-0.05, 0) is 51.2 Å². The lowest BCUT2D eigenvalue weighted by molar-refractivity contribution is -0.124. The van der Waals surface area contributed by atoms with Gasteiger partial charge in [0.15, 0.2) is 0 Å². The van der Waals surface area contributed by atoms with Gasteiger partial charge < -0.3 is 15.0 Å². The van der Waals surface area contributed by atoms with Gasteiger partial charge in [0.05, 0.1) is 25.4 Å². The van der Waals surface area contributed by atoms with Crippen molar-refractivity contribution < 1.29 is 14.3 Å². The first kappa shape index (κ1) is 21.7. The summed E-state index contributed by atoms with van der Waals surface area (Å²) in [6, 6.07) is 14.0. The van der Waals surface area contributed by atoms with Gasteiger partial charge in [0, 0.05) is 17.3 Å². The number of benzene rings is 2. The molecule has 0 heterocycles. The third kappa shape index (κ3) is 5.47. The van der Waals surface area contributed by atoms with Crippen molar-refractivity contribution in [3.05, 3.63) is 53.6 Å². The van der Waals surface area contributed by atoms with Crippen LogP contribution in [0.25, 0.3) is 0 Å². The van der Waals surface area contributed by atoms with E-state index in [1.165, 1.54) is 7.11 Å². The number of methoxy groups -OCH3 is 1. The molecule has 2 aromatic carbocycles. The first-order valence-corrected chi connectivity index (χ1v) is 9.45. The zero-order valence-electron chi connectivity index (χ0n) is 16.6. The summed E-state index contributed by atoms with van der Waals surface area (Å²) >= 11 is 6.00. The molecule has 0 spiro atoms. The Morgan fingerprint density at radius 3 is 2.46 bits per heavy atom. The maximum Gasteiger partial charge on any atom is 0.244 e. The molecular weight excluding hydrogens is 378 g/mol. The number of rotatable bonds is 8. The largest absolute Gasteiger partial charge is 0.495 e. The van der Waals surface area contributed by atoms with Gasteiger partial charge >= 0.3 is 0 Å². The number of nitrogens with one attached hydrogen (secondary N) is 1. The van der Waals surface area contributed by atoms with Crippen LogP contribution in [0.1, 0.15) is 13.8 Å². The Balaban J connectivity index is 2.03. The van der Waals surface area contributed by atoms with Crippen LogP contribution >= 0.6 is 11.6 Å². The summed E-state index contributed by atoms with van der Waals surface area (Å²) in [6.45, 7) is 4.32. The third-order valence-electron chi connectivity index (χ3n) is 4.50. The van der Waals surface area contributed by atoms with Crippen LogP contribution in [-0.2, 0) is 9.59 Å². The zero-order chi connectivity index (χ0) is 20.7. The fourth-order valence-electron chi connectivity index (χ4n) is 2.82. The van der Waals surface area contributed by atoms with Crippen LogP contribution in [0.4, 0.5) is 11.4 Å². The fourth-order valence-corrected chi connectivity index (χ4v) is 2.99. The molecule has 1 N–H and O–H groups in total. The summed E-state index contributed by atoms with van der Waals surface area (Å²) < 4.78 is 5.24. The van der Waals surface area contributed by atoms with Crippen LogP contribution in [0.15, 0.2) is 48.5 Å². The molecule has 0 bridgehead atoms. The van der Waals surface area contributed by atoms with Gasteiger partial charge in [-0.3, -0.25) is 14.5 Å². The van der Waals surface area contributed by atoms with Crippen LogP contribution in [0.3, 0.4) is 0 Å². The molecule has 0 saturated carbocycles. The number of amides is 2.